The molecule has 0 saturated heterocycles. The van der Waals surface area contributed by atoms with Crippen molar-refractivity contribution in [3.05, 3.63) is 59.7 Å². The van der Waals surface area contributed by atoms with Crippen LogP contribution in [-0.4, -0.2) is 28.4 Å². The van der Waals surface area contributed by atoms with Crippen molar-refractivity contribution in [2.75, 3.05) is 0 Å². The number of carbonyl (C=O) groups excluding carboxylic acids is 1. The maximum Gasteiger partial charge on any atom is 0.326 e. The van der Waals surface area contributed by atoms with E-state index in [0.717, 1.165) is 16.7 Å². The molecular formula is C20H20N2O3. The van der Waals surface area contributed by atoms with Crippen LogP contribution in [0.2, 0.25) is 0 Å². The van der Waals surface area contributed by atoms with Gasteiger partial charge < -0.3 is 10.0 Å². The second-order valence-electron chi connectivity index (χ2n) is 6.16. The van der Waals surface area contributed by atoms with Crippen LogP contribution in [-0.2, 0) is 16.1 Å². The number of aliphatic carboxylic acids is 1. The van der Waals surface area contributed by atoms with Gasteiger partial charge in [0, 0.05) is 6.54 Å². The summed E-state index contributed by atoms with van der Waals surface area (Å²) in [5, 5.41) is 18.5. The van der Waals surface area contributed by atoms with Crippen molar-refractivity contribution >= 4 is 12.4 Å². The summed E-state index contributed by atoms with van der Waals surface area (Å²) in [4.78, 5) is 24.1. The van der Waals surface area contributed by atoms with Gasteiger partial charge in [0.25, 0.3) is 0 Å². The van der Waals surface area contributed by atoms with Crippen molar-refractivity contribution in [3.63, 3.8) is 0 Å². The van der Waals surface area contributed by atoms with Crippen LogP contribution in [0.25, 0.3) is 11.1 Å². The molecule has 0 aromatic heterocycles. The molecule has 5 nitrogen and oxygen atoms in total. The van der Waals surface area contributed by atoms with E-state index in [1.54, 1.807) is 19.9 Å². The van der Waals surface area contributed by atoms with Crippen LogP contribution in [0.1, 0.15) is 25.0 Å². The number of hydrogen-bond acceptors (Lipinski definition) is 3. The van der Waals surface area contributed by atoms with Gasteiger partial charge in [-0.1, -0.05) is 56.3 Å². The van der Waals surface area contributed by atoms with Gasteiger partial charge in [0.15, 0.2) is 0 Å². The van der Waals surface area contributed by atoms with Crippen LogP contribution in [0, 0.1) is 17.2 Å². The Morgan fingerprint density at radius 1 is 1.20 bits per heavy atom. The number of benzene rings is 2. The maximum atomic E-state index is 11.4. The van der Waals surface area contributed by atoms with E-state index in [1.807, 2.05) is 42.5 Å². The number of nitrogens with zero attached hydrogens (tertiary/aromatic N) is 2. The third kappa shape index (κ3) is 4.24. The number of carboxylic acid groups (broad SMARTS) is 1. The zero-order valence-electron chi connectivity index (χ0n) is 14.2. The lowest BCUT2D eigenvalue weighted by molar-refractivity contribution is -0.148. The quantitative estimate of drug-likeness (QED) is 0.787. The van der Waals surface area contributed by atoms with Crippen LogP contribution in [0.3, 0.4) is 0 Å². The highest BCUT2D eigenvalue weighted by atomic mass is 16.4. The van der Waals surface area contributed by atoms with Crippen LogP contribution >= 0.6 is 0 Å². The number of amides is 1. The molecule has 0 bridgehead atoms. The number of nitriles is 1. The minimum Gasteiger partial charge on any atom is -0.480 e. The van der Waals surface area contributed by atoms with Gasteiger partial charge in [0.1, 0.15) is 6.04 Å². The molecule has 0 spiro atoms. The molecule has 25 heavy (non-hydrogen) atoms. The minimum absolute atomic E-state index is 0.190. The molecule has 1 unspecified atom stereocenters. The number of carboxylic acids is 1. The predicted molar refractivity (Wildman–Crippen MR) is 94.5 cm³/mol. The zero-order chi connectivity index (χ0) is 18.4. The molecule has 0 heterocycles. The Kier molecular flexibility index (Phi) is 5.91. The number of hydrogen-bond donors (Lipinski definition) is 1. The Bertz CT molecular complexity index is 791. The summed E-state index contributed by atoms with van der Waals surface area (Å²) in [6, 6.07) is 16.1. The third-order valence-electron chi connectivity index (χ3n) is 4.05. The summed E-state index contributed by atoms with van der Waals surface area (Å²) in [5.41, 5.74) is 3.17. The predicted octanol–water partition coefficient (Wildman–Crippen LogP) is 3.29. The Morgan fingerprint density at radius 2 is 1.84 bits per heavy atom. The fourth-order valence-corrected chi connectivity index (χ4v) is 2.84. The molecule has 0 saturated carbocycles. The van der Waals surface area contributed by atoms with E-state index >= 15 is 0 Å². The molecule has 128 valence electrons. The monoisotopic (exact) mass is 336 g/mol. The van der Waals surface area contributed by atoms with Gasteiger partial charge in [0.2, 0.25) is 6.41 Å². The normalized spacial score (nSPS) is 11.6. The summed E-state index contributed by atoms with van der Waals surface area (Å²) in [6.45, 7) is 3.77. The van der Waals surface area contributed by atoms with Crippen molar-refractivity contribution in [3.8, 4) is 17.2 Å². The van der Waals surface area contributed by atoms with Gasteiger partial charge in [-0.2, -0.15) is 5.26 Å². The summed E-state index contributed by atoms with van der Waals surface area (Å²) >= 11 is 0. The summed E-state index contributed by atoms with van der Waals surface area (Å²) in [6.07, 6.45) is 0.581. The topological polar surface area (TPSA) is 81.4 Å². The molecule has 5 heteroatoms. The second-order valence-corrected chi connectivity index (χ2v) is 6.16. The zero-order valence-corrected chi connectivity index (χ0v) is 14.2. The van der Waals surface area contributed by atoms with E-state index in [2.05, 4.69) is 6.07 Å². The fraction of sp³-hybridized carbons (Fsp3) is 0.250. The molecule has 0 aliphatic rings. The SMILES string of the molecule is CC(C)C(C(=O)O)N(C=O)Cc1ccc(-c2ccccc2C#N)cc1. The molecule has 2 rings (SSSR count). The highest BCUT2D eigenvalue weighted by Gasteiger charge is 2.27. The van der Waals surface area contributed by atoms with E-state index in [9.17, 15) is 20.0 Å². The summed E-state index contributed by atoms with van der Waals surface area (Å²) in [5.74, 6) is -1.20. The first-order chi connectivity index (χ1) is 12.0. The lowest BCUT2D eigenvalue weighted by atomic mass is 9.98. The van der Waals surface area contributed by atoms with Crippen LogP contribution < -0.4 is 0 Å². The molecule has 1 N–H and O–H groups in total. The standard InChI is InChI=1S/C20H20N2O3/c1-14(2)19(20(24)25)22(13-23)12-15-7-9-16(10-8-15)18-6-4-3-5-17(18)11-21/h3-10,13-14,19H,12H2,1-2H3,(H,24,25). The molecule has 0 radical (unpaired) electrons. The second kappa shape index (κ2) is 8.11. The smallest absolute Gasteiger partial charge is 0.326 e. The Hall–Kier alpha value is -3.13. The van der Waals surface area contributed by atoms with Crippen molar-refractivity contribution < 1.29 is 14.7 Å². The highest BCUT2D eigenvalue weighted by Crippen LogP contribution is 2.24. The van der Waals surface area contributed by atoms with Gasteiger partial charge in [-0.25, -0.2) is 4.79 Å². The Balaban J connectivity index is 2.23. The fourth-order valence-electron chi connectivity index (χ4n) is 2.84. The van der Waals surface area contributed by atoms with E-state index < -0.39 is 12.0 Å². The maximum absolute atomic E-state index is 11.4. The number of carbonyl (C=O) groups is 2. The molecule has 2 aromatic carbocycles. The molecule has 1 amide bonds. The first-order valence-corrected chi connectivity index (χ1v) is 8.00. The third-order valence-corrected chi connectivity index (χ3v) is 4.05. The molecule has 1 atom stereocenters. The van der Waals surface area contributed by atoms with Crippen LogP contribution in [0.15, 0.2) is 48.5 Å². The van der Waals surface area contributed by atoms with Gasteiger partial charge in [-0.15, -0.1) is 0 Å². The van der Waals surface area contributed by atoms with Gasteiger partial charge in [-0.3, -0.25) is 4.79 Å². The van der Waals surface area contributed by atoms with Crippen molar-refractivity contribution in [2.45, 2.75) is 26.4 Å². The molecule has 0 fully saturated rings. The molecule has 0 aliphatic carbocycles. The molecule has 2 aromatic rings. The largest absolute Gasteiger partial charge is 0.480 e. The highest BCUT2D eigenvalue weighted by molar-refractivity contribution is 5.76. The van der Waals surface area contributed by atoms with Crippen molar-refractivity contribution in [1.29, 1.82) is 5.26 Å². The van der Waals surface area contributed by atoms with E-state index in [4.69, 9.17) is 0 Å². The molecular weight excluding hydrogens is 316 g/mol. The van der Waals surface area contributed by atoms with Crippen LogP contribution in [0.5, 0.6) is 0 Å². The average molecular weight is 336 g/mol. The van der Waals surface area contributed by atoms with Crippen molar-refractivity contribution in [2.24, 2.45) is 5.92 Å². The van der Waals surface area contributed by atoms with E-state index in [-0.39, 0.29) is 12.5 Å². The lowest BCUT2D eigenvalue weighted by Gasteiger charge is -2.28. The minimum atomic E-state index is -1.01. The summed E-state index contributed by atoms with van der Waals surface area (Å²) in [7, 11) is 0. The van der Waals surface area contributed by atoms with E-state index in [1.165, 1.54) is 4.90 Å². The first kappa shape index (κ1) is 18.2. The number of rotatable bonds is 7. The van der Waals surface area contributed by atoms with Gasteiger partial charge in [-0.05, 0) is 28.7 Å². The Morgan fingerprint density at radius 3 is 2.36 bits per heavy atom. The molecule has 0 aliphatic heterocycles. The summed E-state index contributed by atoms with van der Waals surface area (Å²) < 4.78 is 0. The average Bonchev–Trinajstić information content (AvgIpc) is 2.61. The van der Waals surface area contributed by atoms with Gasteiger partial charge in [0.05, 0.1) is 11.6 Å². The van der Waals surface area contributed by atoms with Crippen molar-refractivity contribution in [1.82, 2.24) is 4.90 Å². The van der Waals surface area contributed by atoms with Gasteiger partial charge >= 0.3 is 5.97 Å². The lowest BCUT2D eigenvalue weighted by Crippen LogP contribution is -2.43. The first-order valence-electron chi connectivity index (χ1n) is 8.00. The Labute approximate surface area is 147 Å². The van der Waals surface area contributed by atoms with Crippen LogP contribution in [0.4, 0.5) is 0 Å². The van der Waals surface area contributed by atoms with E-state index in [0.29, 0.717) is 12.0 Å².